The van der Waals surface area contributed by atoms with E-state index in [0.29, 0.717) is 18.1 Å². The molecular weight excluding hydrogens is 284 g/mol. The number of ketones is 1. The van der Waals surface area contributed by atoms with Crippen LogP contribution < -0.4 is 0 Å². The van der Waals surface area contributed by atoms with Crippen molar-refractivity contribution in [3.05, 3.63) is 59.2 Å². The lowest BCUT2D eigenvalue weighted by atomic mass is 9.53. The maximum Gasteiger partial charge on any atom is 0.136 e. The number of rotatable bonds is 1. The van der Waals surface area contributed by atoms with Crippen LogP contribution in [0.3, 0.4) is 0 Å². The van der Waals surface area contributed by atoms with Gasteiger partial charge in [-0.2, -0.15) is 0 Å². The maximum atomic E-state index is 12.4. The van der Waals surface area contributed by atoms with Crippen LogP contribution in [0, 0.1) is 18.8 Å². The highest BCUT2D eigenvalue weighted by atomic mass is 16.1. The fourth-order valence-corrected chi connectivity index (χ4v) is 4.78. The first-order valence-electron chi connectivity index (χ1n) is 8.54. The third-order valence-corrected chi connectivity index (χ3v) is 5.93. The van der Waals surface area contributed by atoms with Crippen LogP contribution in [-0.4, -0.2) is 15.8 Å². The first-order valence-corrected chi connectivity index (χ1v) is 8.54. The number of fused-ring (bicyclic) bond motifs is 3. The monoisotopic (exact) mass is 306 g/mol. The molecular formula is C20H22N2O. The Kier molecular flexibility index (Phi) is 3.33. The van der Waals surface area contributed by atoms with E-state index in [1.165, 1.54) is 16.8 Å². The molecule has 2 aromatic rings. The number of carbonyl (C=O) groups is 1. The normalized spacial score (nSPS) is 29.7. The van der Waals surface area contributed by atoms with E-state index in [0.717, 1.165) is 25.1 Å². The Balaban J connectivity index is 1.99. The van der Waals surface area contributed by atoms with Crippen LogP contribution in [-0.2, 0) is 16.6 Å². The van der Waals surface area contributed by atoms with Crippen molar-refractivity contribution in [1.82, 2.24) is 9.97 Å². The molecule has 3 unspecified atom stereocenters. The molecule has 4 rings (SSSR count). The molecule has 0 radical (unpaired) electrons. The van der Waals surface area contributed by atoms with Gasteiger partial charge in [-0.25, -0.2) is 9.97 Å². The molecule has 118 valence electrons. The van der Waals surface area contributed by atoms with E-state index in [1.54, 1.807) is 0 Å². The minimum absolute atomic E-state index is 0.104. The van der Waals surface area contributed by atoms with E-state index in [9.17, 15) is 4.79 Å². The average molecular weight is 306 g/mol. The smallest absolute Gasteiger partial charge is 0.136 e. The van der Waals surface area contributed by atoms with E-state index in [-0.39, 0.29) is 11.3 Å². The van der Waals surface area contributed by atoms with Gasteiger partial charge in [0.25, 0.3) is 0 Å². The number of hydrogen-bond donors (Lipinski definition) is 0. The van der Waals surface area contributed by atoms with Crippen molar-refractivity contribution in [2.45, 2.75) is 44.9 Å². The number of aromatic nitrogens is 2. The van der Waals surface area contributed by atoms with Crippen molar-refractivity contribution in [2.24, 2.45) is 11.8 Å². The fraction of sp³-hybridized carbons (Fsp3) is 0.450. The predicted molar refractivity (Wildman–Crippen MR) is 89.2 cm³/mol. The third kappa shape index (κ3) is 2.06. The lowest BCUT2D eigenvalue weighted by molar-refractivity contribution is -0.128. The Hall–Kier alpha value is -2.03. The van der Waals surface area contributed by atoms with Crippen molar-refractivity contribution in [2.75, 3.05) is 0 Å². The summed E-state index contributed by atoms with van der Waals surface area (Å²) in [5.74, 6) is 1.68. The van der Waals surface area contributed by atoms with Gasteiger partial charge < -0.3 is 0 Å². The van der Waals surface area contributed by atoms with Crippen LogP contribution in [0.25, 0.3) is 0 Å². The van der Waals surface area contributed by atoms with Gasteiger partial charge in [0.1, 0.15) is 11.6 Å². The van der Waals surface area contributed by atoms with Crippen LogP contribution in [0.15, 0.2) is 36.5 Å². The molecule has 1 aromatic heterocycles. The second-order valence-corrected chi connectivity index (χ2v) is 7.03. The first kappa shape index (κ1) is 14.6. The molecule has 3 nitrogen and oxygen atoms in total. The highest BCUT2D eigenvalue weighted by Gasteiger charge is 2.52. The standard InChI is InChI=1S/C20H22N2O/c1-13-17-9-8-15-12-21-14(2)22-19(15)20(17,11-10-18(13)23)16-6-4-3-5-7-16/h3-7,12-13,17H,8-11H2,1-2H3. The largest absolute Gasteiger partial charge is 0.299 e. The predicted octanol–water partition coefficient (Wildman–Crippen LogP) is 3.63. The van der Waals surface area contributed by atoms with Crippen molar-refractivity contribution in [3.8, 4) is 0 Å². The van der Waals surface area contributed by atoms with Crippen LogP contribution in [0.4, 0.5) is 0 Å². The molecule has 3 heteroatoms. The Labute approximate surface area is 137 Å². The third-order valence-electron chi connectivity index (χ3n) is 5.93. The van der Waals surface area contributed by atoms with E-state index < -0.39 is 0 Å². The molecule has 1 saturated carbocycles. The Morgan fingerprint density at radius 3 is 2.74 bits per heavy atom. The van der Waals surface area contributed by atoms with Crippen molar-refractivity contribution >= 4 is 5.78 Å². The van der Waals surface area contributed by atoms with Crippen LogP contribution >= 0.6 is 0 Å². The second-order valence-electron chi connectivity index (χ2n) is 7.03. The number of Topliss-reactive ketones (excluding diaryl/α,β-unsaturated/α-hetero) is 1. The molecule has 1 fully saturated rings. The zero-order chi connectivity index (χ0) is 16.0. The number of nitrogens with zero attached hydrogens (tertiary/aromatic N) is 2. The van der Waals surface area contributed by atoms with Gasteiger partial charge in [-0.3, -0.25) is 4.79 Å². The molecule has 0 N–H and O–H groups in total. The summed E-state index contributed by atoms with van der Waals surface area (Å²) in [6, 6.07) is 10.7. The van der Waals surface area contributed by atoms with Gasteiger partial charge in [0, 0.05) is 24.0 Å². The molecule has 0 aliphatic heterocycles. The van der Waals surface area contributed by atoms with Crippen LogP contribution in [0.2, 0.25) is 0 Å². The van der Waals surface area contributed by atoms with Crippen LogP contribution in [0.5, 0.6) is 0 Å². The van der Waals surface area contributed by atoms with Gasteiger partial charge in [0.15, 0.2) is 0 Å². The van der Waals surface area contributed by atoms with Crippen LogP contribution in [0.1, 0.15) is 48.8 Å². The number of hydrogen-bond acceptors (Lipinski definition) is 3. The molecule has 2 aliphatic rings. The summed E-state index contributed by atoms with van der Waals surface area (Å²) >= 11 is 0. The summed E-state index contributed by atoms with van der Waals surface area (Å²) in [5, 5.41) is 0. The lowest BCUT2D eigenvalue weighted by Crippen LogP contribution is -2.50. The SMILES string of the molecule is Cc1ncc2c(n1)C1(c3ccccc3)CCC(=O)C(C)C1CC2. The highest BCUT2D eigenvalue weighted by Crippen LogP contribution is 2.54. The molecule has 3 atom stereocenters. The molecule has 1 heterocycles. The zero-order valence-electron chi connectivity index (χ0n) is 13.7. The summed E-state index contributed by atoms with van der Waals surface area (Å²) in [6.45, 7) is 4.07. The Morgan fingerprint density at radius 2 is 1.96 bits per heavy atom. The number of carbonyl (C=O) groups excluding carboxylic acids is 1. The second kappa shape index (κ2) is 5.26. The summed E-state index contributed by atoms with van der Waals surface area (Å²) in [6.07, 6.45) is 5.54. The molecule has 23 heavy (non-hydrogen) atoms. The number of benzene rings is 1. The summed E-state index contributed by atoms with van der Waals surface area (Å²) in [5.41, 5.74) is 3.61. The highest BCUT2D eigenvalue weighted by molar-refractivity contribution is 5.83. The van der Waals surface area contributed by atoms with Crippen molar-refractivity contribution < 1.29 is 4.79 Å². The fourth-order valence-electron chi connectivity index (χ4n) is 4.78. The van der Waals surface area contributed by atoms with Gasteiger partial charge in [-0.15, -0.1) is 0 Å². The summed E-state index contributed by atoms with van der Waals surface area (Å²) in [4.78, 5) is 21.7. The summed E-state index contributed by atoms with van der Waals surface area (Å²) in [7, 11) is 0. The van der Waals surface area contributed by atoms with Crippen molar-refractivity contribution in [1.29, 1.82) is 0 Å². The van der Waals surface area contributed by atoms with E-state index in [2.05, 4.69) is 42.2 Å². The minimum atomic E-state index is -0.129. The molecule has 0 saturated heterocycles. The molecule has 1 aromatic carbocycles. The molecule has 0 bridgehead atoms. The first-order chi connectivity index (χ1) is 11.1. The van der Waals surface area contributed by atoms with Gasteiger partial charge in [0.05, 0.1) is 5.69 Å². The average Bonchev–Trinajstić information content (AvgIpc) is 2.58. The van der Waals surface area contributed by atoms with Gasteiger partial charge >= 0.3 is 0 Å². The molecule has 2 aliphatic carbocycles. The Morgan fingerprint density at radius 1 is 1.17 bits per heavy atom. The Bertz CT molecular complexity index is 755. The van der Waals surface area contributed by atoms with Gasteiger partial charge in [-0.05, 0) is 43.2 Å². The van der Waals surface area contributed by atoms with Crippen molar-refractivity contribution in [3.63, 3.8) is 0 Å². The minimum Gasteiger partial charge on any atom is -0.299 e. The summed E-state index contributed by atoms with van der Waals surface area (Å²) < 4.78 is 0. The van der Waals surface area contributed by atoms with Gasteiger partial charge in [-0.1, -0.05) is 37.3 Å². The quantitative estimate of drug-likeness (QED) is 0.808. The van der Waals surface area contributed by atoms with Gasteiger partial charge in [0.2, 0.25) is 0 Å². The zero-order valence-corrected chi connectivity index (χ0v) is 13.7. The van der Waals surface area contributed by atoms with E-state index >= 15 is 0 Å². The lowest BCUT2D eigenvalue weighted by Gasteiger charge is -2.50. The topological polar surface area (TPSA) is 42.9 Å². The maximum absolute atomic E-state index is 12.4. The van der Waals surface area contributed by atoms with E-state index in [1.807, 2.05) is 13.1 Å². The molecule has 0 amide bonds. The number of aryl methyl sites for hydroxylation is 2. The molecule has 0 spiro atoms. The van der Waals surface area contributed by atoms with E-state index in [4.69, 9.17) is 4.98 Å².